The van der Waals surface area contributed by atoms with E-state index >= 15 is 0 Å². The molecule has 0 aliphatic carbocycles. The van der Waals surface area contributed by atoms with E-state index in [2.05, 4.69) is 10.2 Å². The lowest BCUT2D eigenvalue weighted by Gasteiger charge is -2.38. The third-order valence-electron chi connectivity index (χ3n) is 4.02. The summed E-state index contributed by atoms with van der Waals surface area (Å²) in [6.45, 7) is 3.12. The van der Waals surface area contributed by atoms with Crippen molar-refractivity contribution in [1.29, 1.82) is 0 Å². The van der Waals surface area contributed by atoms with Gasteiger partial charge in [0.2, 0.25) is 11.8 Å². The number of rotatable bonds is 4. The number of benzene rings is 1. The molecule has 1 saturated heterocycles. The van der Waals surface area contributed by atoms with E-state index in [0.717, 1.165) is 24.9 Å². The van der Waals surface area contributed by atoms with Crippen LogP contribution >= 0.6 is 0 Å². The molecule has 22 heavy (non-hydrogen) atoms. The fraction of sp³-hybridized carbons (Fsp3) is 0.529. The van der Waals surface area contributed by atoms with E-state index in [1.54, 1.807) is 25.9 Å². The van der Waals surface area contributed by atoms with Crippen molar-refractivity contribution in [2.24, 2.45) is 0 Å². The highest BCUT2D eigenvalue weighted by atomic mass is 16.2. The molecule has 1 aromatic rings. The summed E-state index contributed by atoms with van der Waals surface area (Å²) in [5, 5.41) is 2.98. The molecule has 5 nitrogen and oxygen atoms in total. The first-order valence-corrected chi connectivity index (χ1v) is 7.76. The Kier molecular flexibility index (Phi) is 5.55. The summed E-state index contributed by atoms with van der Waals surface area (Å²) in [5.41, 5.74) is 1.00. The van der Waals surface area contributed by atoms with Crippen molar-refractivity contribution >= 4 is 11.8 Å². The summed E-state index contributed by atoms with van der Waals surface area (Å²) in [6.07, 6.45) is 1.95. The van der Waals surface area contributed by atoms with Gasteiger partial charge in [0.05, 0.1) is 0 Å². The van der Waals surface area contributed by atoms with Crippen LogP contribution in [-0.2, 0) is 9.59 Å². The molecule has 0 aromatic heterocycles. The molecule has 1 aliphatic rings. The lowest BCUT2D eigenvalue weighted by atomic mass is 9.98. The average Bonchev–Trinajstić information content (AvgIpc) is 2.48. The molecule has 120 valence electrons. The van der Waals surface area contributed by atoms with Gasteiger partial charge in [-0.05, 0) is 24.9 Å². The molecule has 0 radical (unpaired) electrons. The van der Waals surface area contributed by atoms with E-state index in [0.29, 0.717) is 6.54 Å². The van der Waals surface area contributed by atoms with Gasteiger partial charge in [0, 0.05) is 33.6 Å². The summed E-state index contributed by atoms with van der Waals surface area (Å²) in [7, 11) is 3.57. The monoisotopic (exact) mass is 303 g/mol. The zero-order valence-corrected chi connectivity index (χ0v) is 13.6. The van der Waals surface area contributed by atoms with Gasteiger partial charge in [-0.25, -0.2) is 0 Å². The Bertz CT molecular complexity index is 516. The number of nitrogens with one attached hydrogen (secondary N) is 1. The minimum atomic E-state index is -0.284. The van der Waals surface area contributed by atoms with Crippen molar-refractivity contribution in [2.75, 3.05) is 27.2 Å². The number of likely N-dealkylation sites (N-methyl/N-ethyl adjacent to an activating group) is 1. The molecule has 2 amide bonds. The van der Waals surface area contributed by atoms with Crippen LogP contribution in [0.5, 0.6) is 0 Å². The van der Waals surface area contributed by atoms with Gasteiger partial charge in [-0.2, -0.15) is 0 Å². The summed E-state index contributed by atoms with van der Waals surface area (Å²) >= 11 is 0. The number of nitrogens with zero attached hydrogens (tertiary/aromatic N) is 2. The third-order valence-corrected chi connectivity index (χ3v) is 4.02. The van der Waals surface area contributed by atoms with Crippen molar-refractivity contribution in [3.63, 3.8) is 0 Å². The highest BCUT2D eigenvalue weighted by molar-refractivity contribution is 5.83. The number of likely N-dealkylation sites (tertiary alicyclic amines) is 1. The summed E-state index contributed by atoms with van der Waals surface area (Å²) < 4.78 is 0. The van der Waals surface area contributed by atoms with Crippen molar-refractivity contribution in [3.05, 3.63) is 35.9 Å². The number of amides is 2. The fourth-order valence-electron chi connectivity index (χ4n) is 3.04. The maximum atomic E-state index is 12.7. The molecule has 0 bridgehead atoms. The Labute approximate surface area is 132 Å². The predicted octanol–water partition coefficient (Wildman–Crippen LogP) is 1.42. The molecule has 2 rings (SSSR count). The third kappa shape index (κ3) is 4.07. The van der Waals surface area contributed by atoms with E-state index < -0.39 is 0 Å². The molecule has 0 saturated carbocycles. The van der Waals surface area contributed by atoms with E-state index in [1.807, 2.05) is 30.3 Å². The predicted molar refractivity (Wildman–Crippen MR) is 86.3 cm³/mol. The van der Waals surface area contributed by atoms with Crippen LogP contribution in [0.15, 0.2) is 30.3 Å². The molecule has 1 N–H and O–H groups in total. The van der Waals surface area contributed by atoms with Gasteiger partial charge >= 0.3 is 0 Å². The Hall–Kier alpha value is -1.88. The molecule has 0 spiro atoms. The molecule has 1 fully saturated rings. The largest absolute Gasteiger partial charge is 0.352 e. The smallest absolute Gasteiger partial charge is 0.244 e. The minimum Gasteiger partial charge on any atom is -0.352 e. The first-order valence-electron chi connectivity index (χ1n) is 7.76. The second kappa shape index (κ2) is 7.40. The van der Waals surface area contributed by atoms with Crippen LogP contribution in [0.3, 0.4) is 0 Å². The normalized spacial score (nSPS) is 20.2. The van der Waals surface area contributed by atoms with Gasteiger partial charge in [-0.3, -0.25) is 14.5 Å². The van der Waals surface area contributed by atoms with Gasteiger partial charge in [0.1, 0.15) is 6.04 Å². The fourth-order valence-corrected chi connectivity index (χ4v) is 3.04. The van der Waals surface area contributed by atoms with Gasteiger partial charge in [0.15, 0.2) is 0 Å². The van der Waals surface area contributed by atoms with Crippen LogP contribution in [0.4, 0.5) is 0 Å². The Morgan fingerprint density at radius 1 is 1.27 bits per heavy atom. The minimum absolute atomic E-state index is 0.0120. The molecule has 1 aliphatic heterocycles. The maximum Gasteiger partial charge on any atom is 0.244 e. The zero-order valence-electron chi connectivity index (χ0n) is 13.6. The highest BCUT2D eigenvalue weighted by Gasteiger charge is 2.32. The Balaban J connectivity index is 2.21. The molecule has 1 aromatic carbocycles. The van der Waals surface area contributed by atoms with E-state index in [4.69, 9.17) is 0 Å². The Morgan fingerprint density at radius 3 is 2.55 bits per heavy atom. The zero-order chi connectivity index (χ0) is 16.1. The van der Waals surface area contributed by atoms with E-state index in [1.165, 1.54) is 0 Å². The van der Waals surface area contributed by atoms with Crippen LogP contribution in [-0.4, -0.2) is 54.8 Å². The van der Waals surface area contributed by atoms with Crippen LogP contribution in [0.25, 0.3) is 0 Å². The topological polar surface area (TPSA) is 52.7 Å². The second-order valence-corrected chi connectivity index (χ2v) is 6.08. The van der Waals surface area contributed by atoms with Crippen molar-refractivity contribution in [1.82, 2.24) is 15.1 Å². The molecule has 0 unspecified atom stereocenters. The van der Waals surface area contributed by atoms with Crippen molar-refractivity contribution in [3.8, 4) is 0 Å². The van der Waals surface area contributed by atoms with E-state index in [9.17, 15) is 9.59 Å². The van der Waals surface area contributed by atoms with Crippen molar-refractivity contribution < 1.29 is 9.59 Å². The SMILES string of the molecule is CC(=O)N[C@@H]1CCCN([C@H](C(=O)N(C)C)c2ccccc2)C1. The van der Waals surface area contributed by atoms with Crippen LogP contribution in [0, 0.1) is 0 Å². The maximum absolute atomic E-state index is 12.7. The number of carbonyl (C=O) groups is 2. The molecule has 5 heteroatoms. The van der Waals surface area contributed by atoms with Gasteiger partial charge < -0.3 is 10.2 Å². The highest BCUT2D eigenvalue weighted by Crippen LogP contribution is 2.26. The Morgan fingerprint density at radius 2 is 1.95 bits per heavy atom. The second-order valence-electron chi connectivity index (χ2n) is 6.08. The average molecular weight is 303 g/mol. The van der Waals surface area contributed by atoms with Gasteiger partial charge in [-0.15, -0.1) is 0 Å². The molecular weight excluding hydrogens is 278 g/mol. The van der Waals surface area contributed by atoms with Gasteiger partial charge in [0.25, 0.3) is 0 Å². The van der Waals surface area contributed by atoms with E-state index in [-0.39, 0.29) is 23.9 Å². The summed E-state index contributed by atoms with van der Waals surface area (Å²) in [4.78, 5) is 27.8. The van der Waals surface area contributed by atoms with Gasteiger partial charge in [-0.1, -0.05) is 30.3 Å². The number of carbonyl (C=O) groups excluding carboxylic acids is 2. The summed E-state index contributed by atoms with van der Waals surface area (Å²) in [5.74, 6) is 0.0664. The molecule has 2 atom stereocenters. The molecular formula is C17H25N3O2. The molecule has 1 heterocycles. The number of hydrogen-bond acceptors (Lipinski definition) is 3. The quantitative estimate of drug-likeness (QED) is 0.915. The lowest BCUT2D eigenvalue weighted by Crippen LogP contribution is -2.51. The standard InChI is InChI=1S/C17H25N3O2/c1-13(21)18-15-10-7-11-20(12-15)16(17(22)19(2)3)14-8-5-4-6-9-14/h4-6,8-9,15-16H,7,10-12H2,1-3H3,(H,18,21)/t15-,16+/m1/s1. The number of hydrogen-bond donors (Lipinski definition) is 1. The first kappa shape index (κ1) is 16.5. The van der Waals surface area contributed by atoms with Crippen LogP contribution in [0.1, 0.15) is 31.4 Å². The number of piperidine rings is 1. The lowest BCUT2D eigenvalue weighted by molar-refractivity contribution is -0.135. The van der Waals surface area contributed by atoms with Crippen molar-refractivity contribution in [2.45, 2.75) is 31.8 Å². The van der Waals surface area contributed by atoms with Crippen LogP contribution < -0.4 is 5.32 Å². The first-order chi connectivity index (χ1) is 10.5. The van der Waals surface area contributed by atoms with Crippen LogP contribution in [0.2, 0.25) is 0 Å². The summed E-state index contributed by atoms with van der Waals surface area (Å²) in [6, 6.07) is 9.69.